The lowest BCUT2D eigenvalue weighted by molar-refractivity contribution is -0.148. The molecule has 0 saturated heterocycles. The Hall–Kier alpha value is -3.70. The van der Waals surface area contributed by atoms with E-state index in [0.29, 0.717) is 0 Å². The summed E-state index contributed by atoms with van der Waals surface area (Å²) in [7, 11) is 4.47. The third-order valence-electron chi connectivity index (χ3n) is 7.37. The molecule has 0 aromatic heterocycles. The van der Waals surface area contributed by atoms with Crippen molar-refractivity contribution >= 4 is 35.7 Å². The first kappa shape index (κ1) is 28.3. The van der Waals surface area contributed by atoms with E-state index >= 15 is 0 Å². The summed E-state index contributed by atoms with van der Waals surface area (Å²) < 4.78 is 32.3. The van der Waals surface area contributed by atoms with Crippen molar-refractivity contribution in [1.82, 2.24) is 0 Å². The highest BCUT2D eigenvalue weighted by atomic mass is 16.7. The Morgan fingerprint density at radius 1 is 0.590 bits per heavy atom. The molecule has 0 unspecified atom stereocenters. The molecule has 212 valence electrons. The number of methoxy groups -OCH3 is 4. The van der Waals surface area contributed by atoms with Crippen LogP contribution in [0.2, 0.25) is 0 Å². The van der Waals surface area contributed by atoms with E-state index in [1.165, 1.54) is 0 Å². The Morgan fingerprint density at radius 3 is 1.23 bits per heavy atom. The molecule has 2 saturated carbocycles. The van der Waals surface area contributed by atoms with Gasteiger partial charge in [-0.15, -0.1) is 0 Å². The first-order valence-electron chi connectivity index (χ1n) is 13.2. The molecule has 2 heterocycles. The number of rotatable bonds is 6. The summed E-state index contributed by atoms with van der Waals surface area (Å²) in [6.07, 6.45) is 8.81. The molecule has 2 aliphatic carbocycles. The second-order valence-corrected chi connectivity index (χ2v) is 9.74. The Labute approximate surface area is 226 Å². The van der Waals surface area contributed by atoms with Crippen LogP contribution in [0, 0.1) is 0 Å². The van der Waals surface area contributed by atoms with Crippen LogP contribution in [0.3, 0.4) is 0 Å². The molecule has 12 heteroatoms. The molecule has 0 bridgehead atoms. The van der Waals surface area contributed by atoms with Crippen LogP contribution < -0.4 is 0 Å². The van der Waals surface area contributed by atoms with Gasteiger partial charge in [-0.1, -0.05) is 38.5 Å². The quantitative estimate of drug-likeness (QED) is 0.359. The fraction of sp³-hybridized carbons (Fsp3) is 0.630. The van der Waals surface area contributed by atoms with Crippen molar-refractivity contribution in [3.8, 4) is 0 Å². The highest BCUT2D eigenvalue weighted by Gasteiger charge is 2.66. The van der Waals surface area contributed by atoms with Crippen LogP contribution in [0.25, 0.3) is 0 Å². The van der Waals surface area contributed by atoms with Crippen molar-refractivity contribution in [2.75, 3.05) is 28.4 Å². The van der Waals surface area contributed by atoms with Gasteiger partial charge < -0.3 is 28.4 Å². The van der Waals surface area contributed by atoms with Crippen LogP contribution in [-0.4, -0.2) is 82.0 Å². The van der Waals surface area contributed by atoms with Crippen LogP contribution in [0.5, 0.6) is 0 Å². The molecular weight excluding hydrogens is 512 g/mol. The number of aliphatic imine (C=N–C) groups is 2. The minimum absolute atomic E-state index is 0.204. The number of esters is 4. The average Bonchev–Trinajstić information content (AvgIpc) is 3.45. The number of nitrogens with zero attached hydrogens (tertiary/aromatic N) is 2. The molecule has 0 amide bonds. The van der Waals surface area contributed by atoms with E-state index in [-0.39, 0.29) is 35.0 Å². The summed E-state index contributed by atoms with van der Waals surface area (Å²) in [6, 6.07) is -0.408. The zero-order valence-electron chi connectivity index (χ0n) is 22.7. The number of ether oxygens (including phenoxy) is 6. The largest absolute Gasteiger partial charge is 0.465 e. The van der Waals surface area contributed by atoms with Gasteiger partial charge in [0, 0.05) is 0 Å². The Kier molecular flexibility index (Phi) is 8.71. The highest BCUT2D eigenvalue weighted by Crippen LogP contribution is 2.48. The maximum atomic E-state index is 13.3. The SMILES string of the molecule is COC(=O)C1=C(C(=O)OC)C2(OC1=NC1CCCCC1)OC(=NC1CCCCC1)C(C(=O)OC)=C2C(=O)OC. The first-order valence-corrected chi connectivity index (χ1v) is 13.2. The summed E-state index contributed by atoms with van der Waals surface area (Å²) in [5.74, 6) is -6.94. The van der Waals surface area contributed by atoms with Gasteiger partial charge in [-0.05, 0) is 25.7 Å². The van der Waals surface area contributed by atoms with E-state index in [1.54, 1.807) is 0 Å². The second kappa shape index (κ2) is 12.0. The van der Waals surface area contributed by atoms with Crippen molar-refractivity contribution < 1.29 is 47.6 Å². The lowest BCUT2D eigenvalue weighted by Gasteiger charge is -2.27. The van der Waals surface area contributed by atoms with Crippen molar-refractivity contribution in [3.63, 3.8) is 0 Å². The van der Waals surface area contributed by atoms with E-state index in [9.17, 15) is 19.2 Å². The van der Waals surface area contributed by atoms with Crippen molar-refractivity contribution in [1.29, 1.82) is 0 Å². The second-order valence-electron chi connectivity index (χ2n) is 9.74. The molecule has 0 N–H and O–H groups in total. The maximum absolute atomic E-state index is 13.3. The average molecular weight is 547 g/mol. The molecule has 12 nitrogen and oxygen atoms in total. The number of carbonyl (C=O) groups excluding carboxylic acids is 4. The molecule has 39 heavy (non-hydrogen) atoms. The lowest BCUT2D eigenvalue weighted by Crippen LogP contribution is -2.41. The van der Waals surface area contributed by atoms with Crippen molar-refractivity contribution in [3.05, 3.63) is 22.3 Å². The molecular formula is C27H34N2O10. The highest BCUT2D eigenvalue weighted by molar-refractivity contribution is 6.29. The fourth-order valence-corrected chi connectivity index (χ4v) is 5.46. The number of hydrogen-bond acceptors (Lipinski definition) is 12. The maximum Gasteiger partial charge on any atom is 0.344 e. The van der Waals surface area contributed by atoms with Gasteiger partial charge in [0.05, 0.1) is 40.5 Å². The van der Waals surface area contributed by atoms with Gasteiger partial charge in [-0.3, -0.25) is 0 Å². The van der Waals surface area contributed by atoms with Crippen LogP contribution in [0.15, 0.2) is 32.3 Å². The van der Waals surface area contributed by atoms with Gasteiger partial charge in [-0.2, -0.15) is 0 Å². The monoisotopic (exact) mass is 546 g/mol. The minimum atomic E-state index is -2.44. The van der Waals surface area contributed by atoms with Crippen LogP contribution in [-0.2, 0) is 47.6 Å². The molecule has 0 atom stereocenters. The predicted molar refractivity (Wildman–Crippen MR) is 136 cm³/mol. The summed E-state index contributed by atoms with van der Waals surface area (Å²) in [5, 5.41) is 0. The molecule has 0 aromatic carbocycles. The standard InChI is InChI=1S/C27H34N2O10/c1-34-23(30)17-19(25(32)36-3)27(38-21(17)28-15-11-7-5-8-12-15)20(26(33)37-4)18(24(31)35-2)22(39-27)29-16-13-9-6-10-14-16/h15-16H,5-14H2,1-4H3. The summed E-state index contributed by atoms with van der Waals surface area (Å²) >= 11 is 0. The Morgan fingerprint density at radius 2 is 0.923 bits per heavy atom. The van der Waals surface area contributed by atoms with Crippen LogP contribution in [0.4, 0.5) is 0 Å². The smallest absolute Gasteiger partial charge is 0.344 e. The molecule has 2 aliphatic heterocycles. The van der Waals surface area contributed by atoms with E-state index in [2.05, 4.69) is 9.98 Å². The Balaban J connectivity index is 1.99. The molecule has 0 aromatic rings. The van der Waals surface area contributed by atoms with E-state index in [0.717, 1.165) is 92.6 Å². The van der Waals surface area contributed by atoms with Crippen molar-refractivity contribution in [2.24, 2.45) is 9.98 Å². The molecule has 4 rings (SSSR count). The van der Waals surface area contributed by atoms with E-state index < -0.39 is 40.8 Å². The number of hydrogen-bond donors (Lipinski definition) is 0. The van der Waals surface area contributed by atoms with Crippen molar-refractivity contribution in [2.45, 2.75) is 82.1 Å². The topological polar surface area (TPSA) is 148 Å². The molecule has 2 fully saturated rings. The normalized spacial score (nSPS) is 26.1. The lowest BCUT2D eigenvalue weighted by atomic mass is 9.92. The van der Waals surface area contributed by atoms with Crippen LogP contribution >= 0.6 is 0 Å². The third kappa shape index (κ3) is 5.28. The first-order chi connectivity index (χ1) is 18.8. The van der Waals surface area contributed by atoms with E-state index in [4.69, 9.17) is 28.4 Å². The predicted octanol–water partition coefficient (Wildman–Crippen LogP) is 2.49. The Bertz CT molecular complexity index is 1060. The van der Waals surface area contributed by atoms with Gasteiger partial charge >= 0.3 is 29.7 Å². The molecule has 1 spiro atoms. The summed E-state index contributed by atoms with van der Waals surface area (Å²) in [4.78, 5) is 62.1. The molecule has 4 aliphatic rings. The van der Waals surface area contributed by atoms with Gasteiger partial charge in [0.2, 0.25) is 11.8 Å². The molecule has 0 radical (unpaired) electrons. The van der Waals surface area contributed by atoms with Crippen LogP contribution in [0.1, 0.15) is 64.2 Å². The summed E-state index contributed by atoms with van der Waals surface area (Å²) in [5.41, 5.74) is -1.72. The summed E-state index contributed by atoms with van der Waals surface area (Å²) in [6.45, 7) is 0. The van der Waals surface area contributed by atoms with Gasteiger partial charge in [0.1, 0.15) is 22.3 Å². The fourth-order valence-electron chi connectivity index (χ4n) is 5.46. The number of carbonyl (C=O) groups is 4. The van der Waals surface area contributed by atoms with Gasteiger partial charge in [-0.25, -0.2) is 29.2 Å². The minimum Gasteiger partial charge on any atom is -0.465 e. The third-order valence-corrected chi connectivity index (χ3v) is 7.37. The zero-order chi connectivity index (χ0) is 28.2. The zero-order valence-corrected chi connectivity index (χ0v) is 22.7. The van der Waals surface area contributed by atoms with Gasteiger partial charge in [0.25, 0.3) is 0 Å². The van der Waals surface area contributed by atoms with Gasteiger partial charge in [0.15, 0.2) is 0 Å². The van der Waals surface area contributed by atoms with E-state index in [1.807, 2.05) is 0 Å².